The smallest absolute Gasteiger partial charge is 0.166 e. The summed E-state index contributed by atoms with van der Waals surface area (Å²) in [6.45, 7) is 5.13. The van der Waals surface area contributed by atoms with E-state index in [-0.39, 0.29) is 5.78 Å². The van der Waals surface area contributed by atoms with Crippen LogP contribution in [0.2, 0.25) is 5.02 Å². The summed E-state index contributed by atoms with van der Waals surface area (Å²) >= 11 is 6.11. The predicted molar refractivity (Wildman–Crippen MR) is 131 cm³/mol. The first kappa shape index (κ1) is 21.1. The van der Waals surface area contributed by atoms with E-state index in [0.717, 1.165) is 22.6 Å². The molecule has 6 rings (SSSR count). The summed E-state index contributed by atoms with van der Waals surface area (Å²) in [5.41, 5.74) is 6.00. The number of fused-ring (bicyclic) bond motifs is 2. The van der Waals surface area contributed by atoms with Crippen LogP contribution in [0.4, 0.5) is 0 Å². The third-order valence-corrected chi connectivity index (χ3v) is 7.13. The Morgan fingerprint density at radius 3 is 2.82 bits per heavy atom. The number of halogens is 1. The number of aromatic nitrogens is 6. The maximum absolute atomic E-state index is 12.8. The van der Waals surface area contributed by atoms with Gasteiger partial charge < -0.3 is 8.80 Å². The van der Waals surface area contributed by atoms with Gasteiger partial charge in [-0.15, -0.1) is 0 Å². The van der Waals surface area contributed by atoms with Crippen molar-refractivity contribution in [2.75, 3.05) is 0 Å². The monoisotopic (exact) mass is 472 g/mol. The Hall–Kier alpha value is -3.45. The molecule has 0 radical (unpaired) electrons. The summed E-state index contributed by atoms with van der Waals surface area (Å²) in [5.74, 6) is 0.663. The Labute approximate surface area is 202 Å². The molecular formula is C26H25ClN6O. The van der Waals surface area contributed by atoms with Gasteiger partial charge in [-0.05, 0) is 54.0 Å². The Kier molecular flexibility index (Phi) is 4.85. The van der Waals surface area contributed by atoms with Gasteiger partial charge in [0.1, 0.15) is 5.65 Å². The topological polar surface area (TPSA) is 69.5 Å². The fourth-order valence-corrected chi connectivity index (χ4v) is 4.88. The lowest BCUT2D eigenvalue weighted by atomic mass is 10.0. The molecule has 8 heteroatoms. The molecular weight excluding hydrogens is 448 g/mol. The Bertz CT molecular complexity index is 1540. The van der Waals surface area contributed by atoms with Crippen molar-refractivity contribution in [3.63, 3.8) is 0 Å². The number of carbonyl (C=O) groups excluding carboxylic acids is 1. The van der Waals surface area contributed by atoms with Crippen LogP contribution in [-0.4, -0.2) is 34.3 Å². The van der Waals surface area contributed by atoms with E-state index in [9.17, 15) is 4.79 Å². The molecule has 7 nitrogen and oxygen atoms in total. The lowest BCUT2D eigenvalue weighted by Gasteiger charge is -2.03. The molecule has 1 saturated carbocycles. The van der Waals surface area contributed by atoms with Gasteiger partial charge in [0.25, 0.3) is 0 Å². The largest absolute Gasteiger partial charge is 0.307 e. The van der Waals surface area contributed by atoms with Crippen LogP contribution < -0.4 is 0 Å². The number of ketones is 1. The van der Waals surface area contributed by atoms with Crippen molar-refractivity contribution in [2.24, 2.45) is 5.41 Å². The van der Waals surface area contributed by atoms with E-state index < -0.39 is 0 Å². The van der Waals surface area contributed by atoms with Crippen LogP contribution in [0.1, 0.15) is 59.9 Å². The minimum atomic E-state index is 0.0427. The molecule has 5 heterocycles. The first-order valence-electron chi connectivity index (χ1n) is 11.5. The number of Topliss-reactive ketones (excluding diaryl/α,β-unsaturated/α-hetero) is 1. The second-order valence-corrected chi connectivity index (χ2v) is 10.3. The van der Waals surface area contributed by atoms with Gasteiger partial charge in [-0.1, -0.05) is 25.4 Å². The molecule has 0 bridgehead atoms. The summed E-state index contributed by atoms with van der Waals surface area (Å²) in [6.07, 6.45) is 13.3. The lowest BCUT2D eigenvalue weighted by molar-refractivity contribution is 0.0982. The SMILES string of the molecule is CC1(C)CC1c1ccn2cc(Cn3cc(C(=O)CCc4ncn5ccc(Cl)cc45)cn3)nc2c1. The molecule has 1 unspecified atom stereocenters. The summed E-state index contributed by atoms with van der Waals surface area (Å²) in [7, 11) is 0. The van der Waals surface area contributed by atoms with E-state index in [2.05, 4.69) is 42.3 Å². The fourth-order valence-electron chi connectivity index (χ4n) is 4.72. The third kappa shape index (κ3) is 3.90. The zero-order valence-corrected chi connectivity index (χ0v) is 19.9. The van der Waals surface area contributed by atoms with Crippen LogP contribution in [0.3, 0.4) is 0 Å². The Morgan fingerprint density at radius 1 is 1.18 bits per heavy atom. The normalized spacial score (nSPS) is 17.0. The summed E-state index contributed by atoms with van der Waals surface area (Å²) in [6, 6.07) is 8.07. The number of hydrogen-bond acceptors (Lipinski definition) is 4. The summed E-state index contributed by atoms with van der Waals surface area (Å²) in [4.78, 5) is 22.0. The van der Waals surface area contributed by atoms with Crippen molar-refractivity contribution in [3.05, 3.63) is 89.1 Å². The van der Waals surface area contributed by atoms with Crippen LogP contribution in [0.15, 0.2) is 61.6 Å². The van der Waals surface area contributed by atoms with Gasteiger partial charge in [-0.25, -0.2) is 9.97 Å². The second-order valence-electron chi connectivity index (χ2n) is 9.88. The van der Waals surface area contributed by atoms with E-state index in [1.165, 1.54) is 12.0 Å². The molecule has 0 N–H and O–H groups in total. The molecule has 0 amide bonds. The average molecular weight is 473 g/mol. The van der Waals surface area contributed by atoms with E-state index >= 15 is 0 Å². The van der Waals surface area contributed by atoms with E-state index in [4.69, 9.17) is 16.6 Å². The van der Waals surface area contributed by atoms with E-state index in [1.54, 1.807) is 23.4 Å². The van der Waals surface area contributed by atoms with Gasteiger partial charge >= 0.3 is 0 Å². The van der Waals surface area contributed by atoms with Gasteiger partial charge in [-0.2, -0.15) is 5.10 Å². The molecule has 1 aliphatic carbocycles. The van der Waals surface area contributed by atoms with Crippen molar-refractivity contribution in [1.82, 2.24) is 28.5 Å². The van der Waals surface area contributed by atoms with Crippen LogP contribution in [0, 0.1) is 5.41 Å². The molecule has 1 aliphatic rings. The number of nitrogens with zero attached hydrogens (tertiary/aromatic N) is 6. The van der Waals surface area contributed by atoms with Gasteiger partial charge in [0.15, 0.2) is 5.78 Å². The minimum Gasteiger partial charge on any atom is -0.307 e. The van der Waals surface area contributed by atoms with Crippen molar-refractivity contribution in [2.45, 2.75) is 45.6 Å². The van der Waals surface area contributed by atoms with Crippen LogP contribution in [0.25, 0.3) is 11.2 Å². The number of carbonyl (C=O) groups is 1. The zero-order valence-electron chi connectivity index (χ0n) is 19.1. The molecule has 5 aromatic rings. The molecule has 1 fully saturated rings. The molecule has 0 aromatic carbocycles. The lowest BCUT2D eigenvalue weighted by Crippen LogP contribution is -2.02. The van der Waals surface area contributed by atoms with Gasteiger partial charge in [-0.3, -0.25) is 9.48 Å². The van der Waals surface area contributed by atoms with Crippen LogP contribution in [0.5, 0.6) is 0 Å². The third-order valence-electron chi connectivity index (χ3n) is 6.90. The fraction of sp³-hybridized carbons (Fsp3) is 0.308. The van der Waals surface area contributed by atoms with Gasteiger partial charge in [0.05, 0.1) is 41.5 Å². The Balaban J connectivity index is 1.13. The molecule has 0 saturated heterocycles. The molecule has 1 atom stereocenters. The Morgan fingerprint density at radius 2 is 2.00 bits per heavy atom. The van der Waals surface area contributed by atoms with Crippen molar-refractivity contribution >= 4 is 28.5 Å². The van der Waals surface area contributed by atoms with Gasteiger partial charge in [0.2, 0.25) is 0 Å². The minimum absolute atomic E-state index is 0.0427. The van der Waals surface area contributed by atoms with Crippen molar-refractivity contribution in [3.8, 4) is 0 Å². The van der Waals surface area contributed by atoms with E-state index in [0.29, 0.717) is 41.3 Å². The summed E-state index contributed by atoms with van der Waals surface area (Å²) < 4.78 is 5.73. The van der Waals surface area contributed by atoms with Crippen LogP contribution in [-0.2, 0) is 13.0 Å². The highest BCUT2D eigenvalue weighted by Gasteiger charge is 2.46. The highest BCUT2D eigenvalue weighted by molar-refractivity contribution is 6.30. The van der Waals surface area contributed by atoms with Crippen LogP contribution >= 0.6 is 11.6 Å². The number of imidazole rings is 2. The molecule has 0 aliphatic heterocycles. The van der Waals surface area contributed by atoms with Crippen molar-refractivity contribution in [1.29, 1.82) is 0 Å². The zero-order chi connectivity index (χ0) is 23.4. The second kappa shape index (κ2) is 7.81. The molecule has 172 valence electrons. The molecule has 5 aromatic heterocycles. The standard InChI is InChI=1S/C26H25ClN6O/c1-26(2)11-21(26)17-5-7-31-14-20(30-25(31)9-17)15-33-13-18(12-29-33)24(34)4-3-22-23-10-19(27)6-8-32(23)16-28-22/h5-10,12-14,16,21H,3-4,11,15H2,1-2H3. The van der Waals surface area contributed by atoms with Crippen molar-refractivity contribution < 1.29 is 4.79 Å². The number of hydrogen-bond donors (Lipinski definition) is 0. The molecule has 34 heavy (non-hydrogen) atoms. The summed E-state index contributed by atoms with van der Waals surface area (Å²) in [5, 5.41) is 5.05. The highest BCUT2D eigenvalue weighted by Crippen LogP contribution is 2.58. The quantitative estimate of drug-likeness (QED) is 0.305. The first-order chi connectivity index (χ1) is 16.4. The van der Waals surface area contributed by atoms with Gasteiger partial charge in [0, 0.05) is 36.2 Å². The van der Waals surface area contributed by atoms with E-state index in [1.807, 2.05) is 33.3 Å². The highest BCUT2D eigenvalue weighted by atomic mass is 35.5. The predicted octanol–water partition coefficient (Wildman–Crippen LogP) is 5.21. The number of aryl methyl sites for hydroxylation is 1. The number of rotatable bonds is 7. The average Bonchev–Trinajstić information content (AvgIpc) is 3.24. The maximum Gasteiger partial charge on any atom is 0.166 e. The number of pyridine rings is 2. The first-order valence-corrected chi connectivity index (χ1v) is 11.9. The maximum atomic E-state index is 12.8. The molecule has 0 spiro atoms.